The van der Waals surface area contributed by atoms with E-state index in [0.717, 1.165) is 12.2 Å². The molecule has 1 aliphatic rings. The highest BCUT2D eigenvalue weighted by molar-refractivity contribution is 7.26. The Balaban J connectivity index is 1.08. The number of hydrogen-bond acceptors (Lipinski definition) is 2. The average molecular weight is 665 g/mol. The van der Waals surface area contributed by atoms with Crippen LogP contribution < -0.4 is 0 Å². The molecule has 3 heteroatoms. The minimum Gasteiger partial charge on any atom is -0.292 e. The standard InChI is InChI=1S/C48H28N2S/c1-2-10-31-30(9-1)27-43-36(31)20-21-39-38-15-7-8-16-44(38)50(46(39)43)48-47-40(23-24-49-48)42-26-29(18-22-45(42)51-47)28-17-19-37-34-13-4-3-11-32(34)33-12-5-6-14-35(33)41(37)25-28/h1-26H,27H2. The van der Waals surface area contributed by atoms with Gasteiger partial charge in [0.25, 0.3) is 0 Å². The first-order valence-corrected chi connectivity index (χ1v) is 18.4. The maximum absolute atomic E-state index is 5.16. The third-order valence-electron chi connectivity index (χ3n) is 11.3. The Labute approximate surface area is 297 Å². The second-order valence-electron chi connectivity index (χ2n) is 13.9. The Hall–Kier alpha value is -6.29. The summed E-state index contributed by atoms with van der Waals surface area (Å²) < 4.78 is 4.95. The van der Waals surface area contributed by atoms with Crippen molar-refractivity contribution in [2.45, 2.75) is 6.42 Å². The lowest BCUT2D eigenvalue weighted by molar-refractivity contribution is 1.09. The van der Waals surface area contributed by atoms with E-state index in [2.05, 4.69) is 156 Å². The number of hydrogen-bond donors (Lipinski definition) is 0. The van der Waals surface area contributed by atoms with E-state index in [4.69, 9.17) is 4.98 Å². The minimum absolute atomic E-state index is 0.932. The summed E-state index contributed by atoms with van der Waals surface area (Å²) in [5.74, 6) is 1.01. The van der Waals surface area contributed by atoms with Gasteiger partial charge in [0.15, 0.2) is 5.82 Å². The molecule has 12 rings (SSSR count). The highest BCUT2D eigenvalue weighted by Gasteiger charge is 2.26. The Bertz CT molecular complexity index is 3250. The fraction of sp³-hybridized carbons (Fsp3) is 0.0208. The number of pyridine rings is 1. The van der Waals surface area contributed by atoms with E-state index < -0.39 is 0 Å². The van der Waals surface area contributed by atoms with E-state index >= 15 is 0 Å². The number of thiophene rings is 1. The summed E-state index contributed by atoms with van der Waals surface area (Å²) in [4.78, 5) is 5.16. The van der Waals surface area contributed by atoms with Crippen molar-refractivity contribution in [2.24, 2.45) is 0 Å². The largest absolute Gasteiger partial charge is 0.292 e. The van der Waals surface area contributed by atoms with Crippen molar-refractivity contribution in [1.29, 1.82) is 0 Å². The molecule has 8 aromatic carbocycles. The predicted octanol–water partition coefficient (Wildman–Crippen LogP) is 13.2. The van der Waals surface area contributed by atoms with E-state index in [1.54, 1.807) is 0 Å². The minimum atomic E-state index is 0.932. The first kappa shape index (κ1) is 27.5. The van der Waals surface area contributed by atoms with Crippen LogP contribution in [-0.4, -0.2) is 9.55 Å². The van der Waals surface area contributed by atoms with Crippen LogP contribution in [-0.2, 0) is 6.42 Å². The van der Waals surface area contributed by atoms with Gasteiger partial charge in [-0.15, -0.1) is 11.3 Å². The lowest BCUT2D eigenvalue weighted by atomic mass is 9.92. The van der Waals surface area contributed by atoms with E-state index in [1.165, 1.54) is 108 Å². The molecule has 0 fully saturated rings. The number of para-hydroxylation sites is 1. The fourth-order valence-corrected chi connectivity index (χ4v) is 10.2. The van der Waals surface area contributed by atoms with Gasteiger partial charge in [0, 0.05) is 38.9 Å². The summed E-state index contributed by atoms with van der Waals surface area (Å²) in [6, 6.07) is 56.1. The summed E-state index contributed by atoms with van der Waals surface area (Å²) in [7, 11) is 0. The molecule has 0 spiro atoms. The number of nitrogens with zero attached hydrogens (tertiary/aromatic N) is 2. The van der Waals surface area contributed by atoms with Crippen molar-refractivity contribution in [1.82, 2.24) is 9.55 Å². The van der Waals surface area contributed by atoms with Crippen molar-refractivity contribution in [3.63, 3.8) is 0 Å². The Morgan fingerprint density at radius 1 is 0.471 bits per heavy atom. The second kappa shape index (κ2) is 10.1. The van der Waals surface area contributed by atoms with Crippen molar-refractivity contribution >= 4 is 85.6 Å². The van der Waals surface area contributed by atoms with Crippen LogP contribution in [0.5, 0.6) is 0 Å². The van der Waals surface area contributed by atoms with Gasteiger partial charge in [-0.05, 0) is 96.0 Å². The van der Waals surface area contributed by atoms with Crippen LogP contribution in [0.1, 0.15) is 11.1 Å². The molecule has 3 heterocycles. The van der Waals surface area contributed by atoms with Gasteiger partial charge in [-0.25, -0.2) is 4.98 Å². The van der Waals surface area contributed by atoms with Gasteiger partial charge >= 0.3 is 0 Å². The van der Waals surface area contributed by atoms with Gasteiger partial charge in [0.2, 0.25) is 0 Å². The van der Waals surface area contributed by atoms with Crippen LogP contribution in [0, 0.1) is 0 Å². The van der Waals surface area contributed by atoms with Gasteiger partial charge in [0.05, 0.1) is 15.7 Å². The van der Waals surface area contributed by atoms with Gasteiger partial charge < -0.3 is 0 Å². The molecular formula is C48H28N2S. The lowest BCUT2D eigenvalue weighted by Gasteiger charge is -2.12. The van der Waals surface area contributed by atoms with Crippen LogP contribution in [0.25, 0.3) is 102 Å². The Kier molecular flexibility index (Phi) is 5.47. The number of benzene rings is 8. The summed E-state index contributed by atoms with van der Waals surface area (Å²) in [6.45, 7) is 0. The molecule has 1 aliphatic carbocycles. The van der Waals surface area contributed by atoms with Crippen LogP contribution in [0.2, 0.25) is 0 Å². The van der Waals surface area contributed by atoms with E-state index in [9.17, 15) is 0 Å². The summed E-state index contributed by atoms with van der Waals surface area (Å²) in [5, 5.41) is 12.9. The zero-order valence-electron chi connectivity index (χ0n) is 27.5. The number of aromatic nitrogens is 2. The molecular weight excluding hydrogens is 637 g/mol. The molecule has 0 bridgehead atoms. The van der Waals surface area contributed by atoms with Crippen LogP contribution in [0.3, 0.4) is 0 Å². The SMILES string of the molecule is c1ccc2c(c1)Cc1c-2ccc2c3ccccc3n(-c3nccc4c3sc3ccc(-c5ccc6c7ccccc7c7ccccc7c6c5)cc34)c12. The summed E-state index contributed by atoms with van der Waals surface area (Å²) in [6.07, 6.45) is 2.93. The number of fused-ring (bicyclic) bond motifs is 16. The topological polar surface area (TPSA) is 17.8 Å². The van der Waals surface area contributed by atoms with Crippen molar-refractivity contribution < 1.29 is 0 Å². The molecule has 0 aliphatic heterocycles. The molecule has 2 nitrogen and oxygen atoms in total. The molecule has 0 saturated carbocycles. The van der Waals surface area contributed by atoms with Crippen LogP contribution in [0.15, 0.2) is 158 Å². The van der Waals surface area contributed by atoms with Crippen molar-refractivity contribution in [2.75, 3.05) is 0 Å². The van der Waals surface area contributed by atoms with Crippen molar-refractivity contribution in [3.8, 4) is 28.1 Å². The predicted molar refractivity (Wildman–Crippen MR) is 218 cm³/mol. The highest BCUT2D eigenvalue weighted by atomic mass is 32.1. The zero-order chi connectivity index (χ0) is 33.2. The molecule has 0 N–H and O–H groups in total. The molecule has 0 radical (unpaired) electrons. The van der Waals surface area contributed by atoms with E-state index in [0.29, 0.717) is 0 Å². The summed E-state index contributed by atoms with van der Waals surface area (Å²) >= 11 is 1.85. The average Bonchev–Trinajstić information content (AvgIpc) is 3.87. The zero-order valence-corrected chi connectivity index (χ0v) is 28.3. The van der Waals surface area contributed by atoms with Gasteiger partial charge in [-0.1, -0.05) is 121 Å². The smallest absolute Gasteiger partial charge is 0.155 e. The molecule has 0 saturated heterocycles. The summed E-state index contributed by atoms with van der Waals surface area (Å²) in [5.41, 5.74) is 10.4. The van der Waals surface area contributed by atoms with Gasteiger partial charge in [-0.2, -0.15) is 0 Å². The molecule has 11 aromatic rings. The van der Waals surface area contributed by atoms with Gasteiger partial charge in [0.1, 0.15) is 0 Å². The molecule has 0 atom stereocenters. The molecule has 3 aromatic heterocycles. The molecule has 0 unspecified atom stereocenters. The maximum Gasteiger partial charge on any atom is 0.155 e. The van der Waals surface area contributed by atoms with Gasteiger partial charge in [-0.3, -0.25) is 4.57 Å². The van der Waals surface area contributed by atoms with Crippen molar-refractivity contribution in [3.05, 3.63) is 169 Å². The highest BCUT2D eigenvalue weighted by Crippen LogP contribution is 2.46. The monoisotopic (exact) mass is 664 g/mol. The molecule has 51 heavy (non-hydrogen) atoms. The third-order valence-corrected chi connectivity index (χ3v) is 12.5. The first-order valence-electron chi connectivity index (χ1n) is 17.6. The number of rotatable bonds is 2. The quantitative estimate of drug-likeness (QED) is 0.168. The first-order chi connectivity index (χ1) is 25.3. The second-order valence-corrected chi connectivity index (χ2v) is 14.9. The molecule has 236 valence electrons. The Morgan fingerprint density at radius 2 is 1.10 bits per heavy atom. The molecule has 0 amide bonds. The van der Waals surface area contributed by atoms with E-state index in [-0.39, 0.29) is 0 Å². The van der Waals surface area contributed by atoms with Crippen LogP contribution in [0.4, 0.5) is 0 Å². The fourth-order valence-electron chi connectivity index (χ4n) is 9.02. The maximum atomic E-state index is 5.16. The Morgan fingerprint density at radius 3 is 1.90 bits per heavy atom. The van der Waals surface area contributed by atoms with E-state index in [1.807, 2.05) is 17.5 Å². The normalized spacial score (nSPS) is 12.6. The van der Waals surface area contributed by atoms with Crippen LogP contribution >= 0.6 is 11.3 Å². The third kappa shape index (κ3) is 3.73. The lowest BCUT2D eigenvalue weighted by Crippen LogP contribution is -1.99.